The van der Waals surface area contributed by atoms with Gasteiger partial charge in [0, 0.05) is 6.54 Å². The van der Waals surface area contributed by atoms with Crippen LogP contribution in [0.2, 0.25) is 0 Å². The van der Waals surface area contributed by atoms with E-state index in [1.54, 1.807) is 0 Å². The van der Waals surface area contributed by atoms with Gasteiger partial charge in [-0.2, -0.15) is 0 Å². The summed E-state index contributed by atoms with van der Waals surface area (Å²) >= 11 is 0. The average molecular weight is 202 g/mol. The van der Waals surface area contributed by atoms with Gasteiger partial charge in [-0.15, -0.1) is 0 Å². The molecule has 0 aromatic rings. The molecule has 0 radical (unpaired) electrons. The summed E-state index contributed by atoms with van der Waals surface area (Å²) in [5.74, 6) is -0.00277. The third kappa shape index (κ3) is 6.86. The molecule has 14 heavy (non-hydrogen) atoms. The number of carbonyl (C=O) groups is 1. The number of carbonyl (C=O) groups excluding carboxylic acids is 1. The Bertz CT molecular complexity index is 151. The number of unbranched alkanes of at least 4 members (excludes halogenated alkanes) is 1. The molecule has 4 heteroatoms. The predicted octanol–water partition coefficient (Wildman–Crippen LogP) is 0.217. The molecule has 1 amide bonds. The molecular weight excluding hydrogens is 180 g/mol. The fourth-order valence-electron chi connectivity index (χ4n) is 1.19. The number of aliphatic hydroxyl groups excluding tert-OH is 1. The number of rotatable bonds is 8. The summed E-state index contributed by atoms with van der Waals surface area (Å²) in [5.41, 5.74) is 0. The van der Waals surface area contributed by atoms with Crippen LogP contribution in [0, 0.1) is 0 Å². The minimum Gasteiger partial charge on any atom is -0.395 e. The Morgan fingerprint density at radius 1 is 1.43 bits per heavy atom. The van der Waals surface area contributed by atoms with Crippen LogP contribution in [0.5, 0.6) is 0 Å². The molecule has 0 aliphatic heterocycles. The van der Waals surface area contributed by atoms with Crippen molar-refractivity contribution in [3.05, 3.63) is 0 Å². The summed E-state index contributed by atoms with van der Waals surface area (Å²) in [6.45, 7) is 6.86. The van der Waals surface area contributed by atoms with Crippen molar-refractivity contribution in [1.82, 2.24) is 10.2 Å². The van der Waals surface area contributed by atoms with Gasteiger partial charge in [0.05, 0.1) is 13.2 Å². The quantitative estimate of drug-likeness (QED) is 0.592. The molecule has 0 bridgehead atoms. The van der Waals surface area contributed by atoms with E-state index in [0.29, 0.717) is 13.1 Å². The maximum Gasteiger partial charge on any atom is 0.234 e. The highest BCUT2D eigenvalue weighted by Crippen LogP contribution is 1.93. The first-order chi connectivity index (χ1) is 6.74. The number of nitrogens with zero attached hydrogens (tertiary/aromatic N) is 1. The first-order valence-corrected chi connectivity index (χ1v) is 5.34. The van der Waals surface area contributed by atoms with Crippen molar-refractivity contribution in [2.45, 2.75) is 26.7 Å². The fourth-order valence-corrected chi connectivity index (χ4v) is 1.19. The lowest BCUT2D eigenvalue weighted by Crippen LogP contribution is -2.38. The van der Waals surface area contributed by atoms with Crippen molar-refractivity contribution in [3.8, 4) is 0 Å². The zero-order chi connectivity index (χ0) is 10.8. The number of amides is 1. The Hall–Kier alpha value is -0.610. The lowest BCUT2D eigenvalue weighted by molar-refractivity contribution is -0.122. The van der Waals surface area contributed by atoms with Crippen molar-refractivity contribution in [2.75, 3.05) is 32.8 Å². The molecule has 0 saturated heterocycles. The summed E-state index contributed by atoms with van der Waals surface area (Å²) in [6, 6.07) is 0. The molecule has 0 heterocycles. The fraction of sp³-hybridized carbons (Fsp3) is 0.900. The third-order valence-electron chi connectivity index (χ3n) is 2.08. The van der Waals surface area contributed by atoms with E-state index in [-0.39, 0.29) is 12.5 Å². The normalized spacial score (nSPS) is 10.6. The maximum atomic E-state index is 11.3. The van der Waals surface area contributed by atoms with E-state index in [0.717, 1.165) is 25.9 Å². The molecule has 0 atom stereocenters. The van der Waals surface area contributed by atoms with Gasteiger partial charge >= 0.3 is 0 Å². The molecule has 0 spiro atoms. The van der Waals surface area contributed by atoms with Gasteiger partial charge in [-0.1, -0.05) is 20.3 Å². The van der Waals surface area contributed by atoms with Crippen molar-refractivity contribution < 1.29 is 9.90 Å². The van der Waals surface area contributed by atoms with Crippen LogP contribution in [0.4, 0.5) is 0 Å². The molecule has 2 N–H and O–H groups in total. The SMILES string of the molecule is CCCCN(CC)CC(=O)NCCO. The van der Waals surface area contributed by atoms with E-state index < -0.39 is 0 Å². The second-order valence-electron chi connectivity index (χ2n) is 3.30. The van der Waals surface area contributed by atoms with Crippen molar-refractivity contribution in [1.29, 1.82) is 0 Å². The zero-order valence-corrected chi connectivity index (χ0v) is 9.25. The molecule has 0 unspecified atom stereocenters. The van der Waals surface area contributed by atoms with Gasteiger partial charge in [-0.25, -0.2) is 0 Å². The summed E-state index contributed by atoms with van der Waals surface area (Å²) < 4.78 is 0. The van der Waals surface area contributed by atoms with Gasteiger partial charge in [0.1, 0.15) is 0 Å². The van der Waals surface area contributed by atoms with Crippen LogP contribution in [0.15, 0.2) is 0 Å². The lowest BCUT2D eigenvalue weighted by Gasteiger charge is -2.19. The monoisotopic (exact) mass is 202 g/mol. The Labute approximate surface area is 86.3 Å². The molecule has 0 aliphatic carbocycles. The number of hydrogen-bond donors (Lipinski definition) is 2. The van der Waals surface area contributed by atoms with Crippen molar-refractivity contribution in [2.24, 2.45) is 0 Å². The van der Waals surface area contributed by atoms with E-state index in [2.05, 4.69) is 24.1 Å². The smallest absolute Gasteiger partial charge is 0.234 e. The van der Waals surface area contributed by atoms with E-state index in [1.807, 2.05) is 0 Å². The molecule has 0 rings (SSSR count). The Morgan fingerprint density at radius 3 is 2.64 bits per heavy atom. The van der Waals surface area contributed by atoms with E-state index in [1.165, 1.54) is 0 Å². The molecule has 84 valence electrons. The third-order valence-corrected chi connectivity index (χ3v) is 2.08. The number of aliphatic hydroxyl groups is 1. The van der Waals surface area contributed by atoms with E-state index in [9.17, 15) is 4.79 Å². The first-order valence-electron chi connectivity index (χ1n) is 5.34. The van der Waals surface area contributed by atoms with Gasteiger partial charge in [0.2, 0.25) is 5.91 Å². The van der Waals surface area contributed by atoms with Crippen LogP contribution in [-0.2, 0) is 4.79 Å². The highest BCUT2D eigenvalue weighted by Gasteiger charge is 2.07. The topological polar surface area (TPSA) is 52.6 Å². The van der Waals surface area contributed by atoms with Crippen LogP contribution in [0.1, 0.15) is 26.7 Å². The number of hydrogen-bond acceptors (Lipinski definition) is 3. The van der Waals surface area contributed by atoms with Crippen LogP contribution in [0.3, 0.4) is 0 Å². The molecule has 4 nitrogen and oxygen atoms in total. The van der Waals surface area contributed by atoms with Crippen LogP contribution in [-0.4, -0.2) is 48.7 Å². The zero-order valence-electron chi connectivity index (χ0n) is 9.25. The maximum absolute atomic E-state index is 11.3. The van der Waals surface area contributed by atoms with Crippen molar-refractivity contribution >= 4 is 5.91 Å². The predicted molar refractivity (Wildman–Crippen MR) is 57.1 cm³/mol. The second kappa shape index (κ2) is 8.97. The minimum atomic E-state index is -0.00277. The number of likely N-dealkylation sites (N-methyl/N-ethyl adjacent to an activating group) is 1. The molecule has 0 aromatic heterocycles. The average Bonchev–Trinajstić information content (AvgIpc) is 2.21. The Morgan fingerprint density at radius 2 is 2.14 bits per heavy atom. The molecule has 0 fully saturated rings. The molecule has 0 aromatic carbocycles. The summed E-state index contributed by atoms with van der Waals surface area (Å²) in [7, 11) is 0. The molecular formula is C10H22N2O2. The van der Waals surface area contributed by atoms with E-state index >= 15 is 0 Å². The minimum absolute atomic E-state index is 0.00277. The summed E-state index contributed by atoms with van der Waals surface area (Å²) in [6.07, 6.45) is 2.27. The highest BCUT2D eigenvalue weighted by atomic mass is 16.3. The summed E-state index contributed by atoms with van der Waals surface area (Å²) in [4.78, 5) is 13.4. The largest absolute Gasteiger partial charge is 0.395 e. The van der Waals surface area contributed by atoms with Crippen LogP contribution in [0.25, 0.3) is 0 Å². The lowest BCUT2D eigenvalue weighted by atomic mass is 10.3. The van der Waals surface area contributed by atoms with Crippen LogP contribution >= 0.6 is 0 Å². The molecule has 0 saturated carbocycles. The van der Waals surface area contributed by atoms with Gasteiger partial charge in [-0.3, -0.25) is 9.69 Å². The number of nitrogens with one attached hydrogen (secondary N) is 1. The second-order valence-corrected chi connectivity index (χ2v) is 3.30. The Kier molecular flexibility index (Phi) is 8.57. The highest BCUT2D eigenvalue weighted by molar-refractivity contribution is 5.77. The molecule has 0 aliphatic rings. The van der Waals surface area contributed by atoms with Gasteiger partial charge in [-0.05, 0) is 19.5 Å². The first kappa shape index (κ1) is 13.4. The van der Waals surface area contributed by atoms with E-state index in [4.69, 9.17) is 5.11 Å². The van der Waals surface area contributed by atoms with Gasteiger partial charge < -0.3 is 10.4 Å². The summed E-state index contributed by atoms with van der Waals surface area (Å²) in [5, 5.41) is 11.2. The van der Waals surface area contributed by atoms with Gasteiger partial charge in [0.15, 0.2) is 0 Å². The van der Waals surface area contributed by atoms with Crippen LogP contribution < -0.4 is 5.32 Å². The van der Waals surface area contributed by atoms with Gasteiger partial charge in [0.25, 0.3) is 0 Å². The Balaban J connectivity index is 3.62. The standard InChI is InChI=1S/C10H22N2O2/c1-3-5-7-12(4-2)9-10(14)11-6-8-13/h13H,3-9H2,1-2H3,(H,11,14). The van der Waals surface area contributed by atoms with Crippen molar-refractivity contribution in [3.63, 3.8) is 0 Å².